The SMILES string of the molecule is CC(Sc1nnnn1-c1ccc(C(C)C)cc1)C(=O)NCc1cccs1. The van der Waals surface area contributed by atoms with Crippen LogP contribution in [-0.4, -0.2) is 31.4 Å². The Morgan fingerprint density at radius 2 is 2.00 bits per heavy atom. The van der Waals surface area contributed by atoms with E-state index >= 15 is 0 Å². The molecule has 2 aromatic heterocycles. The van der Waals surface area contributed by atoms with E-state index in [1.807, 2.05) is 36.6 Å². The molecule has 0 saturated heterocycles. The average molecular weight is 388 g/mol. The van der Waals surface area contributed by atoms with Crippen molar-refractivity contribution in [3.05, 3.63) is 52.2 Å². The molecule has 3 aromatic rings. The Morgan fingerprint density at radius 1 is 1.23 bits per heavy atom. The monoisotopic (exact) mass is 387 g/mol. The molecule has 0 bridgehead atoms. The lowest BCUT2D eigenvalue weighted by molar-refractivity contribution is -0.120. The highest BCUT2D eigenvalue weighted by molar-refractivity contribution is 8.00. The normalized spacial score (nSPS) is 12.3. The standard InChI is InChI=1S/C18H21N5OS2/c1-12(2)14-6-8-15(9-7-14)23-18(20-21-22-23)26-13(3)17(24)19-11-16-5-4-10-25-16/h4-10,12-13H,11H2,1-3H3,(H,19,24). The minimum Gasteiger partial charge on any atom is -0.350 e. The summed E-state index contributed by atoms with van der Waals surface area (Å²) >= 11 is 2.97. The molecule has 1 unspecified atom stereocenters. The summed E-state index contributed by atoms with van der Waals surface area (Å²) in [7, 11) is 0. The molecule has 1 amide bonds. The summed E-state index contributed by atoms with van der Waals surface area (Å²) in [4.78, 5) is 13.5. The van der Waals surface area contributed by atoms with E-state index in [9.17, 15) is 4.79 Å². The van der Waals surface area contributed by atoms with Crippen molar-refractivity contribution in [3.63, 3.8) is 0 Å². The van der Waals surface area contributed by atoms with E-state index in [2.05, 4.69) is 46.8 Å². The fourth-order valence-electron chi connectivity index (χ4n) is 2.36. The number of nitrogens with zero attached hydrogens (tertiary/aromatic N) is 4. The number of thioether (sulfide) groups is 1. The second-order valence-electron chi connectivity index (χ2n) is 6.18. The zero-order valence-corrected chi connectivity index (χ0v) is 16.5. The van der Waals surface area contributed by atoms with E-state index < -0.39 is 0 Å². The van der Waals surface area contributed by atoms with Crippen LogP contribution in [0.4, 0.5) is 0 Å². The Morgan fingerprint density at radius 3 is 2.65 bits per heavy atom. The highest BCUT2D eigenvalue weighted by Gasteiger charge is 2.19. The van der Waals surface area contributed by atoms with Crippen molar-refractivity contribution in [2.75, 3.05) is 0 Å². The first-order chi connectivity index (χ1) is 12.5. The predicted octanol–water partition coefficient (Wildman–Crippen LogP) is 3.64. The van der Waals surface area contributed by atoms with E-state index in [0.717, 1.165) is 10.6 Å². The van der Waals surface area contributed by atoms with Crippen molar-refractivity contribution in [2.24, 2.45) is 0 Å². The van der Waals surface area contributed by atoms with Gasteiger partial charge in [-0.1, -0.05) is 43.8 Å². The minimum absolute atomic E-state index is 0.0342. The summed E-state index contributed by atoms with van der Waals surface area (Å²) < 4.78 is 1.66. The molecule has 0 aliphatic rings. The van der Waals surface area contributed by atoms with Crippen molar-refractivity contribution < 1.29 is 4.79 Å². The molecule has 0 spiro atoms. The van der Waals surface area contributed by atoms with Gasteiger partial charge in [0.25, 0.3) is 0 Å². The quantitative estimate of drug-likeness (QED) is 0.627. The lowest BCUT2D eigenvalue weighted by atomic mass is 10.0. The van der Waals surface area contributed by atoms with Crippen molar-refractivity contribution >= 4 is 29.0 Å². The highest BCUT2D eigenvalue weighted by atomic mass is 32.2. The fraction of sp³-hybridized carbons (Fsp3) is 0.333. The molecule has 3 rings (SSSR count). The topological polar surface area (TPSA) is 72.7 Å². The molecule has 0 saturated carbocycles. The van der Waals surface area contributed by atoms with Gasteiger partial charge in [-0.2, -0.15) is 4.68 Å². The van der Waals surface area contributed by atoms with E-state index in [4.69, 9.17) is 0 Å². The Hall–Kier alpha value is -2.19. The highest BCUT2D eigenvalue weighted by Crippen LogP contribution is 2.24. The number of thiophene rings is 1. The second kappa shape index (κ2) is 8.46. The van der Waals surface area contributed by atoms with Crippen molar-refractivity contribution in [2.45, 2.75) is 43.6 Å². The molecular weight excluding hydrogens is 366 g/mol. The van der Waals surface area contributed by atoms with Crippen molar-refractivity contribution in [1.82, 2.24) is 25.5 Å². The molecule has 0 aliphatic carbocycles. The summed E-state index contributed by atoms with van der Waals surface area (Å²) in [6.45, 7) is 6.71. The molecular formula is C18H21N5OS2. The van der Waals surface area contributed by atoms with Crippen molar-refractivity contribution in [3.8, 4) is 5.69 Å². The lowest BCUT2D eigenvalue weighted by Gasteiger charge is -2.12. The maximum atomic E-state index is 12.3. The number of hydrogen-bond acceptors (Lipinski definition) is 6. The first-order valence-corrected chi connectivity index (χ1v) is 10.2. The number of hydrogen-bond donors (Lipinski definition) is 1. The number of nitrogens with one attached hydrogen (secondary N) is 1. The lowest BCUT2D eigenvalue weighted by Crippen LogP contribution is -2.30. The molecule has 26 heavy (non-hydrogen) atoms. The van der Waals surface area contributed by atoms with Crippen LogP contribution in [0, 0.1) is 0 Å². The van der Waals surface area contributed by atoms with Crippen LogP contribution in [0.5, 0.6) is 0 Å². The van der Waals surface area contributed by atoms with Gasteiger partial charge in [-0.3, -0.25) is 4.79 Å². The first kappa shape index (κ1) is 18.6. The number of carbonyl (C=O) groups excluding carboxylic acids is 1. The van der Waals surface area contributed by atoms with Gasteiger partial charge in [-0.25, -0.2) is 0 Å². The van der Waals surface area contributed by atoms with Crippen molar-refractivity contribution in [1.29, 1.82) is 0 Å². The third-order valence-electron chi connectivity index (χ3n) is 3.91. The summed E-state index contributed by atoms with van der Waals surface area (Å²) in [5, 5.41) is 17.2. The summed E-state index contributed by atoms with van der Waals surface area (Å²) in [6, 6.07) is 12.1. The molecule has 6 nitrogen and oxygen atoms in total. The van der Waals surface area contributed by atoms with E-state index in [0.29, 0.717) is 17.6 Å². The maximum Gasteiger partial charge on any atom is 0.233 e. The molecule has 0 aliphatic heterocycles. The molecule has 136 valence electrons. The number of rotatable bonds is 7. The van der Waals surface area contributed by atoms with Gasteiger partial charge in [-0.15, -0.1) is 16.4 Å². The van der Waals surface area contributed by atoms with Crippen LogP contribution in [0.3, 0.4) is 0 Å². The smallest absolute Gasteiger partial charge is 0.233 e. The van der Waals surface area contributed by atoms with Crippen LogP contribution in [0.25, 0.3) is 5.69 Å². The Kier molecular flexibility index (Phi) is 6.05. The van der Waals surface area contributed by atoms with Crippen LogP contribution >= 0.6 is 23.1 Å². The number of carbonyl (C=O) groups is 1. The molecule has 8 heteroatoms. The Labute approximate surface area is 161 Å². The van der Waals surface area contributed by atoms with E-state index in [1.165, 1.54) is 17.3 Å². The van der Waals surface area contributed by atoms with E-state index in [1.54, 1.807) is 16.0 Å². The van der Waals surface area contributed by atoms with Gasteiger partial charge in [-0.05, 0) is 52.4 Å². The van der Waals surface area contributed by atoms with Gasteiger partial charge in [0.05, 0.1) is 17.5 Å². The predicted molar refractivity (Wildman–Crippen MR) is 105 cm³/mol. The van der Waals surface area contributed by atoms with Crippen LogP contribution in [0.2, 0.25) is 0 Å². The van der Waals surface area contributed by atoms with Gasteiger partial charge in [0.1, 0.15) is 0 Å². The minimum atomic E-state index is -0.297. The Bertz CT molecular complexity index is 843. The van der Waals surface area contributed by atoms with Crippen LogP contribution in [0.15, 0.2) is 46.9 Å². The molecule has 0 fully saturated rings. The van der Waals surface area contributed by atoms with Gasteiger partial charge < -0.3 is 5.32 Å². The number of amides is 1. The third kappa shape index (κ3) is 4.50. The largest absolute Gasteiger partial charge is 0.350 e. The number of benzene rings is 1. The molecule has 1 atom stereocenters. The number of tetrazole rings is 1. The van der Waals surface area contributed by atoms with E-state index in [-0.39, 0.29) is 11.2 Å². The molecule has 1 N–H and O–H groups in total. The van der Waals surface area contributed by atoms with Crippen LogP contribution in [-0.2, 0) is 11.3 Å². The fourth-order valence-corrected chi connectivity index (χ4v) is 3.83. The zero-order chi connectivity index (χ0) is 18.5. The average Bonchev–Trinajstić information content (AvgIpc) is 3.31. The van der Waals surface area contributed by atoms with Gasteiger partial charge in [0.15, 0.2) is 0 Å². The maximum absolute atomic E-state index is 12.3. The summed E-state index contributed by atoms with van der Waals surface area (Å²) in [5.41, 5.74) is 2.14. The molecule has 1 aromatic carbocycles. The Balaban J connectivity index is 1.65. The van der Waals surface area contributed by atoms with Gasteiger partial charge >= 0.3 is 0 Å². The zero-order valence-electron chi connectivity index (χ0n) is 14.9. The summed E-state index contributed by atoms with van der Waals surface area (Å²) in [6.07, 6.45) is 0. The van der Waals surface area contributed by atoms with Gasteiger partial charge in [0, 0.05) is 4.88 Å². The second-order valence-corrected chi connectivity index (χ2v) is 8.52. The number of aromatic nitrogens is 4. The third-order valence-corrected chi connectivity index (χ3v) is 5.82. The van der Waals surface area contributed by atoms with Crippen LogP contribution < -0.4 is 5.32 Å². The molecule has 0 radical (unpaired) electrons. The van der Waals surface area contributed by atoms with Crippen LogP contribution in [0.1, 0.15) is 37.1 Å². The van der Waals surface area contributed by atoms with Gasteiger partial charge in [0.2, 0.25) is 11.1 Å². The molecule has 2 heterocycles. The first-order valence-electron chi connectivity index (χ1n) is 8.40. The summed E-state index contributed by atoms with van der Waals surface area (Å²) in [5.74, 6) is 0.437.